The van der Waals surface area contributed by atoms with Crippen molar-refractivity contribution in [1.29, 1.82) is 0 Å². The molecule has 0 saturated heterocycles. The van der Waals surface area contributed by atoms with Crippen LogP contribution in [0.15, 0.2) is 40.9 Å². The Bertz CT molecular complexity index is 585. The molecule has 2 atom stereocenters. The van der Waals surface area contributed by atoms with Crippen LogP contribution < -0.4 is 5.32 Å². The van der Waals surface area contributed by atoms with Gasteiger partial charge < -0.3 is 10.1 Å². The molecule has 23 heavy (non-hydrogen) atoms. The van der Waals surface area contributed by atoms with Crippen molar-refractivity contribution in [2.45, 2.75) is 38.6 Å². The Kier molecular flexibility index (Phi) is 6.84. The SMILES string of the molecule is C[C@@H]1/C=C/CC(=O)OCCCCC(=O)N[C@@H]1c1cccc(Br)c1. The highest BCUT2D eigenvalue weighted by Crippen LogP contribution is 2.26. The Labute approximate surface area is 145 Å². The Morgan fingerprint density at radius 2 is 2.09 bits per heavy atom. The standard InChI is InChI=1S/C18H22BrNO3/c1-13-6-4-10-17(22)23-11-3-2-9-16(21)20-18(13)14-7-5-8-15(19)12-14/h4-8,12-13,18H,2-3,9-11H2,1H3,(H,20,21)/b6-4+/t13-,18+/m1/s1. The summed E-state index contributed by atoms with van der Waals surface area (Å²) in [5, 5.41) is 3.12. The van der Waals surface area contributed by atoms with Crippen molar-refractivity contribution in [3.8, 4) is 0 Å². The molecule has 0 saturated carbocycles. The number of esters is 1. The molecule has 0 unspecified atom stereocenters. The molecule has 1 aromatic carbocycles. The van der Waals surface area contributed by atoms with Crippen molar-refractivity contribution in [2.75, 3.05) is 6.61 Å². The number of cyclic esters (lactones) is 1. The number of carbonyl (C=O) groups is 2. The van der Waals surface area contributed by atoms with Crippen LogP contribution in [0.5, 0.6) is 0 Å². The largest absolute Gasteiger partial charge is 0.465 e. The molecule has 5 heteroatoms. The molecule has 1 amide bonds. The summed E-state index contributed by atoms with van der Waals surface area (Å²) in [6, 6.07) is 7.82. The van der Waals surface area contributed by atoms with Gasteiger partial charge >= 0.3 is 5.97 Å². The number of hydrogen-bond acceptors (Lipinski definition) is 3. The third-order valence-corrected chi connectivity index (χ3v) is 4.33. The van der Waals surface area contributed by atoms with E-state index in [9.17, 15) is 9.59 Å². The minimum Gasteiger partial charge on any atom is -0.465 e. The van der Waals surface area contributed by atoms with E-state index in [-0.39, 0.29) is 30.3 Å². The van der Waals surface area contributed by atoms with Gasteiger partial charge in [-0.25, -0.2) is 0 Å². The highest BCUT2D eigenvalue weighted by Gasteiger charge is 2.20. The quantitative estimate of drug-likeness (QED) is 0.594. The van der Waals surface area contributed by atoms with Crippen molar-refractivity contribution in [1.82, 2.24) is 5.32 Å². The van der Waals surface area contributed by atoms with Gasteiger partial charge in [-0.1, -0.05) is 47.1 Å². The van der Waals surface area contributed by atoms with Crippen LogP contribution in [-0.2, 0) is 14.3 Å². The van der Waals surface area contributed by atoms with E-state index in [1.54, 1.807) is 0 Å². The van der Waals surface area contributed by atoms with E-state index in [0.717, 1.165) is 10.0 Å². The van der Waals surface area contributed by atoms with Gasteiger partial charge in [-0.05, 0) is 36.5 Å². The second-order valence-electron chi connectivity index (χ2n) is 5.77. The fourth-order valence-corrected chi connectivity index (χ4v) is 3.00. The van der Waals surface area contributed by atoms with Crippen LogP contribution in [0.1, 0.15) is 44.2 Å². The lowest BCUT2D eigenvalue weighted by molar-refractivity contribution is -0.142. The van der Waals surface area contributed by atoms with Crippen LogP contribution in [0, 0.1) is 5.92 Å². The summed E-state index contributed by atoms with van der Waals surface area (Å²) in [5.41, 5.74) is 1.04. The summed E-state index contributed by atoms with van der Waals surface area (Å²) in [6.07, 6.45) is 5.92. The minimum absolute atomic E-state index is 0.0285. The zero-order valence-electron chi connectivity index (χ0n) is 13.3. The maximum Gasteiger partial charge on any atom is 0.309 e. The molecular weight excluding hydrogens is 358 g/mol. The highest BCUT2D eigenvalue weighted by molar-refractivity contribution is 9.10. The zero-order valence-corrected chi connectivity index (χ0v) is 14.8. The fourth-order valence-electron chi connectivity index (χ4n) is 2.59. The van der Waals surface area contributed by atoms with Crippen molar-refractivity contribution < 1.29 is 14.3 Å². The molecule has 1 aromatic rings. The second kappa shape index (κ2) is 8.87. The Balaban J connectivity index is 2.21. The molecule has 2 rings (SSSR count). The molecule has 4 nitrogen and oxygen atoms in total. The third-order valence-electron chi connectivity index (χ3n) is 3.84. The smallest absolute Gasteiger partial charge is 0.309 e. The molecule has 0 aliphatic carbocycles. The molecule has 0 radical (unpaired) electrons. The van der Waals surface area contributed by atoms with E-state index in [4.69, 9.17) is 4.74 Å². The van der Waals surface area contributed by atoms with Gasteiger partial charge in [-0.3, -0.25) is 9.59 Å². The molecule has 1 N–H and O–H groups in total. The molecule has 124 valence electrons. The maximum absolute atomic E-state index is 12.2. The molecule has 1 aliphatic heterocycles. The summed E-state index contributed by atoms with van der Waals surface area (Å²) in [7, 11) is 0. The van der Waals surface area contributed by atoms with Crippen molar-refractivity contribution in [3.05, 3.63) is 46.5 Å². The first-order chi connectivity index (χ1) is 11.1. The predicted molar refractivity (Wildman–Crippen MR) is 92.8 cm³/mol. The number of amides is 1. The first-order valence-electron chi connectivity index (χ1n) is 7.93. The number of benzene rings is 1. The van der Waals surface area contributed by atoms with E-state index in [1.165, 1.54) is 0 Å². The predicted octanol–water partition coefficient (Wildman–Crippen LogP) is 3.92. The molecular formula is C18H22BrNO3. The number of hydrogen-bond donors (Lipinski definition) is 1. The summed E-state index contributed by atoms with van der Waals surface area (Å²) in [5.74, 6) is -0.117. The average Bonchev–Trinajstić information content (AvgIpc) is 2.52. The number of carbonyl (C=O) groups excluding carboxylic acids is 2. The van der Waals surface area contributed by atoms with Gasteiger partial charge in [0, 0.05) is 10.9 Å². The van der Waals surface area contributed by atoms with Crippen molar-refractivity contribution in [3.63, 3.8) is 0 Å². The summed E-state index contributed by atoms with van der Waals surface area (Å²) in [6.45, 7) is 2.41. The fraction of sp³-hybridized carbons (Fsp3) is 0.444. The van der Waals surface area contributed by atoms with E-state index < -0.39 is 0 Å². The van der Waals surface area contributed by atoms with E-state index >= 15 is 0 Å². The third kappa shape index (κ3) is 5.82. The monoisotopic (exact) mass is 379 g/mol. The highest BCUT2D eigenvalue weighted by atomic mass is 79.9. The summed E-state index contributed by atoms with van der Waals surface area (Å²) in [4.78, 5) is 23.8. The zero-order chi connectivity index (χ0) is 16.7. The van der Waals surface area contributed by atoms with Crippen LogP contribution >= 0.6 is 15.9 Å². The summed E-state index contributed by atoms with van der Waals surface area (Å²) < 4.78 is 6.10. The van der Waals surface area contributed by atoms with Gasteiger partial charge in [-0.15, -0.1) is 0 Å². The van der Waals surface area contributed by atoms with Gasteiger partial charge in [0.05, 0.1) is 19.1 Å². The molecule has 1 aliphatic rings. The Hall–Kier alpha value is -1.62. The van der Waals surface area contributed by atoms with Gasteiger partial charge in [0.15, 0.2) is 0 Å². The topological polar surface area (TPSA) is 55.4 Å². The second-order valence-corrected chi connectivity index (χ2v) is 6.68. The number of halogens is 1. The molecule has 0 fully saturated rings. The lowest BCUT2D eigenvalue weighted by Gasteiger charge is -2.24. The molecule has 0 aromatic heterocycles. The Morgan fingerprint density at radius 3 is 2.87 bits per heavy atom. The lowest BCUT2D eigenvalue weighted by atomic mass is 9.93. The maximum atomic E-state index is 12.2. The Morgan fingerprint density at radius 1 is 1.26 bits per heavy atom. The van der Waals surface area contributed by atoms with Gasteiger partial charge in [0.2, 0.25) is 5.91 Å². The van der Waals surface area contributed by atoms with Gasteiger partial charge in [-0.2, -0.15) is 0 Å². The van der Waals surface area contributed by atoms with E-state index in [0.29, 0.717) is 25.9 Å². The first kappa shape index (κ1) is 17.7. The first-order valence-corrected chi connectivity index (χ1v) is 8.72. The van der Waals surface area contributed by atoms with Crippen LogP contribution in [0.25, 0.3) is 0 Å². The van der Waals surface area contributed by atoms with Crippen molar-refractivity contribution in [2.24, 2.45) is 5.92 Å². The van der Waals surface area contributed by atoms with E-state index in [2.05, 4.69) is 21.2 Å². The van der Waals surface area contributed by atoms with Crippen LogP contribution in [0.3, 0.4) is 0 Å². The van der Waals surface area contributed by atoms with Crippen molar-refractivity contribution >= 4 is 27.8 Å². The number of nitrogens with one attached hydrogen (secondary N) is 1. The van der Waals surface area contributed by atoms with Gasteiger partial charge in [0.1, 0.15) is 0 Å². The van der Waals surface area contributed by atoms with Crippen LogP contribution in [-0.4, -0.2) is 18.5 Å². The van der Waals surface area contributed by atoms with Gasteiger partial charge in [0.25, 0.3) is 0 Å². The number of rotatable bonds is 1. The van der Waals surface area contributed by atoms with Crippen LogP contribution in [0.4, 0.5) is 0 Å². The minimum atomic E-state index is -0.217. The van der Waals surface area contributed by atoms with E-state index in [1.807, 2.05) is 43.3 Å². The molecule has 1 heterocycles. The lowest BCUT2D eigenvalue weighted by Crippen LogP contribution is -2.32. The molecule has 0 spiro atoms. The average molecular weight is 380 g/mol. The van der Waals surface area contributed by atoms with Crippen LogP contribution in [0.2, 0.25) is 0 Å². The normalized spacial score (nSPS) is 25.3. The number of ether oxygens (including phenoxy) is 1. The summed E-state index contributed by atoms with van der Waals surface area (Å²) >= 11 is 3.48. The molecule has 0 bridgehead atoms.